The first-order valence-electron chi connectivity index (χ1n) is 3.23. The maximum Gasteiger partial charge on any atom is 0.395 e. The second kappa shape index (κ2) is 2.12. The van der Waals surface area contributed by atoms with Gasteiger partial charge in [0.25, 0.3) is 0 Å². The molecule has 0 aliphatic heterocycles. The molecule has 4 heteroatoms. The van der Waals surface area contributed by atoms with Gasteiger partial charge in [0.1, 0.15) is 0 Å². The summed E-state index contributed by atoms with van der Waals surface area (Å²) >= 11 is 0. The van der Waals surface area contributed by atoms with E-state index in [2.05, 4.69) is 5.32 Å². The molecule has 0 spiro atoms. The van der Waals surface area contributed by atoms with Gasteiger partial charge in [0.15, 0.2) is 0 Å². The summed E-state index contributed by atoms with van der Waals surface area (Å²) in [4.78, 5) is 0. The molecule has 10 heavy (non-hydrogen) atoms. The maximum absolute atomic E-state index is 12.0. The van der Waals surface area contributed by atoms with Gasteiger partial charge in [-0.3, -0.25) is 0 Å². The lowest BCUT2D eigenvalue weighted by Gasteiger charge is -2.17. The zero-order valence-electron chi connectivity index (χ0n) is 5.76. The Bertz CT molecular complexity index is 125. The topological polar surface area (TPSA) is 12.0 Å². The van der Waals surface area contributed by atoms with Gasteiger partial charge in [-0.25, -0.2) is 0 Å². The lowest BCUT2D eigenvalue weighted by atomic mass is 10.1. The maximum atomic E-state index is 12.0. The molecule has 1 nitrogen and oxygen atoms in total. The highest BCUT2D eigenvalue weighted by molar-refractivity contribution is 5.00. The number of alkyl halides is 3. The zero-order chi connectivity index (χ0) is 7.83. The second-order valence-electron chi connectivity index (χ2n) is 2.81. The van der Waals surface area contributed by atoms with E-state index in [1.807, 2.05) is 0 Å². The molecule has 60 valence electrons. The summed E-state index contributed by atoms with van der Waals surface area (Å²) in [6.07, 6.45) is -3.43. The molecule has 0 unspecified atom stereocenters. The Morgan fingerprint density at radius 3 is 2.00 bits per heavy atom. The fourth-order valence-corrected chi connectivity index (χ4v) is 1.05. The predicted molar refractivity (Wildman–Crippen MR) is 31.6 cm³/mol. The molecule has 0 aromatic heterocycles. The first-order chi connectivity index (χ1) is 4.52. The van der Waals surface area contributed by atoms with Crippen LogP contribution in [0, 0.1) is 5.41 Å². The molecule has 1 fully saturated rings. The second-order valence-corrected chi connectivity index (χ2v) is 2.81. The van der Waals surface area contributed by atoms with Gasteiger partial charge in [-0.05, 0) is 19.9 Å². The number of nitrogens with one attached hydrogen (secondary N) is 1. The van der Waals surface area contributed by atoms with E-state index in [0.717, 1.165) is 0 Å². The van der Waals surface area contributed by atoms with Gasteiger partial charge in [-0.1, -0.05) is 0 Å². The third-order valence-electron chi connectivity index (χ3n) is 1.97. The highest BCUT2D eigenvalue weighted by atomic mass is 19.4. The molecule has 0 amide bonds. The van der Waals surface area contributed by atoms with E-state index in [9.17, 15) is 13.2 Å². The van der Waals surface area contributed by atoms with Gasteiger partial charge < -0.3 is 5.32 Å². The first kappa shape index (κ1) is 7.85. The van der Waals surface area contributed by atoms with Crippen molar-refractivity contribution in [2.75, 3.05) is 13.6 Å². The normalized spacial score (nSPS) is 22.8. The first-order valence-corrected chi connectivity index (χ1v) is 3.23. The average Bonchev–Trinajstić information content (AvgIpc) is 2.45. The van der Waals surface area contributed by atoms with Crippen LogP contribution in [-0.2, 0) is 0 Å². The Morgan fingerprint density at radius 2 is 1.90 bits per heavy atom. The van der Waals surface area contributed by atoms with E-state index in [1.165, 1.54) is 0 Å². The fraction of sp³-hybridized carbons (Fsp3) is 1.00. The van der Waals surface area contributed by atoms with E-state index in [-0.39, 0.29) is 19.4 Å². The van der Waals surface area contributed by atoms with Crippen LogP contribution in [0.5, 0.6) is 0 Å². The van der Waals surface area contributed by atoms with Crippen molar-refractivity contribution in [3.63, 3.8) is 0 Å². The largest absolute Gasteiger partial charge is 0.395 e. The Hall–Kier alpha value is -0.250. The zero-order valence-corrected chi connectivity index (χ0v) is 5.76. The molecule has 0 bridgehead atoms. The lowest BCUT2D eigenvalue weighted by Crippen LogP contribution is -2.33. The Kier molecular flexibility index (Phi) is 1.66. The molecule has 0 aromatic carbocycles. The number of hydrogen-bond acceptors (Lipinski definition) is 1. The van der Waals surface area contributed by atoms with Crippen LogP contribution in [0.2, 0.25) is 0 Å². The van der Waals surface area contributed by atoms with E-state index in [4.69, 9.17) is 0 Å². The van der Waals surface area contributed by atoms with Crippen molar-refractivity contribution in [3.8, 4) is 0 Å². The minimum atomic E-state index is -4.00. The van der Waals surface area contributed by atoms with Gasteiger partial charge in [-0.2, -0.15) is 13.2 Å². The standard InChI is InChI=1S/C6H10F3N/c1-10-4-5(2-3-5)6(7,8)9/h10H,2-4H2,1H3. The summed E-state index contributed by atoms with van der Waals surface area (Å²) < 4.78 is 36.1. The highest BCUT2D eigenvalue weighted by Crippen LogP contribution is 2.56. The molecule has 1 saturated carbocycles. The minimum absolute atomic E-state index is 0.0660. The summed E-state index contributed by atoms with van der Waals surface area (Å²) in [6.45, 7) is 0.0660. The smallest absolute Gasteiger partial charge is 0.319 e. The van der Waals surface area contributed by atoms with Crippen LogP contribution in [0.4, 0.5) is 13.2 Å². The molecule has 1 rings (SSSR count). The van der Waals surface area contributed by atoms with E-state index < -0.39 is 11.6 Å². The van der Waals surface area contributed by atoms with Crippen LogP contribution in [-0.4, -0.2) is 19.8 Å². The van der Waals surface area contributed by atoms with E-state index in [1.54, 1.807) is 7.05 Å². The van der Waals surface area contributed by atoms with Crippen molar-refractivity contribution in [2.24, 2.45) is 5.41 Å². The van der Waals surface area contributed by atoms with Crippen molar-refractivity contribution in [1.29, 1.82) is 0 Å². The Balaban J connectivity index is 2.52. The molecular formula is C6H10F3N. The third kappa shape index (κ3) is 1.12. The molecule has 0 aromatic rings. The van der Waals surface area contributed by atoms with Crippen molar-refractivity contribution in [1.82, 2.24) is 5.32 Å². The Morgan fingerprint density at radius 1 is 1.40 bits per heavy atom. The quantitative estimate of drug-likeness (QED) is 0.634. The Labute approximate surface area is 57.6 Å². The van der Waals surface area contributed by atoms with Gasteiger partial charge in [-0.15, -0.1) is 0 Å². The van der Waals surface area contributed by atoms with Gasteiger partial charge in [0, 0.05) is 6.54 Å². The van der Waals surface area contributed by atoms with Crippen LogP contribution in [0.1, 0.15) is 12.8 Å². The van der Waals surface area contributed by atoms with Crippen LogP contribution in [0.25, 0.3) is 0 Å². The molecule has 0 radical (unpaired) electrons. The van der Waals surface area contributed by atoms with Gasteiger partial charge in [0.2, 0.25) is 0 Å². The molecule has 1 aliphatic carbocycles. The van der Waals surface area contributed by atoms with Gasteiger partial charge >= 0.3 is 6.18 Å². The van der Waals surface area contributed by atoms with Crippen molar-refractivity contribution >= 4 is 0 Å². The van der Waals surface area contributed by atoms with Crippen LogP contribution < -0.4 is 5.32 Å². The number of hydrogen-bond donors (Lipinski definition) is 1. The SMILES string of the molecule is CNCC1(C(F)(F)F)CC1. The van der Waals surface area contributed by atoms with Crippen LogP contribution >= 0.6 is 0 Å². The number of rotatable bonds is 2. The summed E-state index contributed by atoms with van der Waals surface area (Å²) in [5.74, 6) is 0. The van der Waals surface area contributed by atoms with Crippen molar-refractivity contribution in [2.45, 2.75) is 19.0 Å². The minimum Gasteiger partial charge on any atom is -0.319 e. The lowest BCUT2D eigenvalue weighted by molar-refractivity contribution is -0.185. The summed E-state index contributed by atoms with van der Waals surface area (Å²) in [7, 11) is 1.55. The summed E-state index contributed by atoms with van der Waals surface area (Å²) in [6, 6.07) is 0. The molecule has 0 heterocycles. The average molecular weight is 153 g/mol. The van der Waals surface area contributed by atoms with Crippen LogP contribution in [0.15, 0.2) is 0 Å². The predicted octanol–water partition coefficient (Wildman–Crippen LogP) is 1.55. The van der Waals surface area contributed by atoms with Crippen molar-refractivity contribution in [3.05, 3.63) is 0 Å². The number of halogens is 3. The summed E-state index contributed by atoms with van der Waals surface area (Å²) in [5.41, 5.74) is -1.37. The molecule has 1 N–H and O–H groups in total. The molecule has 0 atom stereocenters. The molecule has 0 saturated heterocycles. The van der Waals surface area contributed by atoms with E-state index in [0.29, 0.717) is 0 Å². The monoisotopic (exact) mass is 153 g/mol. The third-order valence-corrected chi connectivity index (χ3v) is 1.97. The highest BCUT2D eigenvalue weighted by Gasteiger charge is 2.62. The molecular weight excluding hydrogens is 143 g/mol. The van der Waals surface area contributed by atoms with E-state index >= 15 is 0 Å². The van der Waals surface area contributed by atoms with Crippen LogP contribution in [0.3, 0.4) is 0 Å². The molecule has 1 aliphatic rings. The van der Waals surface area contributed by atoms with Gasteiger partial charge in [0.05, 0.1) is 5.41 Å². The van der Waals surface area contributed by atoms with Crippen molar-refractivity contribution < 1.29 is 13.2 Å². The summed E-state index contributed by atoms with van der Waals surface area (Å²) in [5, 5.41) is 2.56. The fourth-order valence-electron chi connectivity index (χ4n) is 1.05.